The van der Waals surface area contributed by atoms with Crippen molar-refractivity contribution < 1.29 is 4.92 Å². The molecule has 1 rings (SSSR count). The van der Waals surface area contributed by atoms with E-state index >= 15 is 0 Å². The van der Waals surface area contributed by atoms with Crippen molar-refractivity contribution >= 4 is 5.69 Å². The van der Waals surface area contributed by atoms with Gasteiger partial charge < -0.3 is 4.57 Å². The van der Waals surface area contributed by atoms with Crippen LogP contribution in [0.25, 0.3) is 0 Å². The normalized spacial score (nSPS) is 10.1. The molecule has 0 aliphatic heterocycles. The average molecular weight is 196 g/mol. The quantitative estimate of drug-likeness (QED) is 0.543. The van der Waals surface area contributed by atoms with E-state index in [-0.39, 0.29) is 11.2 Å². The van der Waals surface area contributed by atoms with Crippen molar-refractivity contribution in [3.8, 4) is 0 Å². The van der Waals surface area contributed by atoms with Gasteiger partial charge in [-0.25, -0.2) is 0 Å². The van der Waals surface area contributed by atoms with Gasteiger partial charge >= 0.3 is 0 Å². The van der Waals surface area contributed by atoms with Crippen molar-refractivity contribution in [1.29, 1.82) is 0 Å². The average Bonchev–Trinajstić information content (AvgIpc) is 2.12. The van der Waals surface area contributed by atoms with Crippen molar-refractivity contribution in [3.63, 3.8) is 0 Å². The first-order chi connectivity index (χ1) is 6.56. The van der Waals surface area contributed by atoms with Crippen LogP contribution < -0.4 is 5.56 Å². The fourth-order valence-electron chi connectivity index (χ4n) is 1.27. The van der Waals surface area contributed by atoms with Crippen molar-refractivity contribution in [2.24, 2.45) is 0 Å². The number of nitro groups is 1. The van der Waals surface area contributed by atoms with Gasteiger partial charge in [0.2, 0.25) is 0 Å². The second-order valence-corrected chi connectivity index (χ2v) is 3.14. The van der Waals surface area contributed by atoms with E-state index in [4.69, 9.17) is 0 Å². The molecule has 0 fully saturated rings. The van der Waals surface area contributed by atoms with Crippen molar-refractivity contribution in [2.45, 2.75) is 26.8 Å². The van der Waals surface area contributed by atoms with Gasteiger partial charge in [-0.3, -0.25) is 14.9 Å². The summed E-state index contributed by atoms with van der Waals surface area (Å²) in [6.45, 7) is 4.02. The molecule has 0 radical (unpaired) electrons. The minimum absolute atomic E-state index is 0.0319. The van der Waals surface area contributed by atoms with E-state index in [2.05, 4.69) is 0 Å². The molecule has 0 amide bonds. The van der Waals surface area contributed by atoms with Crippen LogP contribution in [0.15, 0.2) is 17.1 Å². The van der Waals surface area contributed by atoms with Gasteiger partial charge in [-0.15, -0.1) is 0 Å². The third-order valence-electron chi connectivity index (χ3n) is 1.93. The van der Waals surface area contributed by atoms with Gasteiger partial charge in [0.25, 0.3) is 11.2 Å². The molecular weight excluding hydrogens is 184 g/mol. The van der Waals surface area contributed by atoms with Gasteiger partial charge in [0.1, 0.15) is 0 Å². The summed E-state index contributed by atoms with van der Waals surface area (Å²) in [7, 11) is 0. The Hall–Kier alpha value is -1.65. The molecule has 76 valence electrons. The zero-order valence-corrected chi connectivity index (χ0v) is 8.19. The van der Waals surface area contributed by atoms with Gasteiger partial charge in [-0.2, -0.15) is 0 Å². The fraction of sp³-hybridized carbons (Fsp3) is 0.444. The highest BCUT2D eigenvalue weighted by Crippen LogP contribution is 2.09. The Kier molecular flexibility index (Phi) is 3.01. The summed E-state index contributed by atoms with van der Waals surface area (Å²) >= 11 is 0. The van der Waals surface area contributed by atoms with Gasteiger partial charge in [-0.05, 0) is 13.3 Å². The largest absolute Gasteiger partial charge is 0.309 e. The Balaban J connectivity index is 3.28. The Morgan fingerprint density at radius 2 is 2.21 bits per heavy atom. The monoisotopic (exact) mass is 196 g/mol. The minimum atomic E-state index is -0.488. The Morgan fingerprint density at radius 3 is 2.71 bits per heavy atom. The van der Waals surface area contributed by atoms with E-state index < -0.39 is 4.92 Å². The third-order valence-corrected chi connectivity index (χ3v) is 1.93. The van der Waals surface area contributed by atoms with E-state index in [9.17, 15) is 14.9 Å². The van der Waals surface area contributed by atoms with Gasteiger partial charge in [-0.1, -0.05) is 6.92 Å². The fourth-order valence-corrected chi connectivity index (χ4v) is 1.27. The number of pyridine rings is 1. The highest BCUT2D eigenvalue weighted by atomic mass is 16.6. The van der Waals surface area contributed by atoms with Crippen molar-refractivity contribution in [1.82, 2.24) is 4.57 Å². The molecule has 0 aromatic carbocycles. The van der Waals surface area contributed by atoms with Crippen LogP contribution in [0.3, 0.4) is 0 Å². The topological polar surface area (TPSA) is 65.1 Å². The summed E-state index contributed by atoms with van der Waals surface area (Å²) in [6.07, 6.45) is 2.07. The van der Waals surface area contributed by atoms with Gasteiger partial charge in [0.05, 0.1) is 11.1 Å². The molecule has 0 saturated heterocycles. The lowest BCUT2D eigenvalue weighted by Crippen LogP contribution is -2.21. The third kappa shape index (κ3) is 1.99. The SMILES string of the molecule is CCCn1cc([N+](=O)[O-])cc(C)c1=O. The van der Waals surface area contributed by atoms with Crippen LogP contribution in [0.5, 0.6) is 0 Å². The number of aryl methyl sites for hydroxylation is 2. The lowest BCUT2D eigenvalue weighted by Gasteiger charge is -2.04. The van der Waals surface area contributed by atoms with E-state index in [1.165, 1.54) is 16.8 Å². The van der Waals surface area contributed by atoms with E-state index in [1.807, 2.05) is 6.92 Å². The summed E-state index contributed by atoms with van der Waals surface area (Å²) in [4.78, 5) is 21.5. The highest BCUT2D eigenvalue weighted by Gasteiger charge is 2.10. The van der Waals surface area contributed by atoms with Crippen LogP contribution in [-0.4, -0.2) is 9.49 Å². The molecular formula is C9H12N2O3. The molecule has 0 spiro atoms. The first-order valence-electron chi connectivity index (χ1n) is 4.41. The number of aromatic nitrogens is 1. The maximum absolute atomic E-state index is 11.5. The standard InChI is InChI=1S/C9H12N2O3/c1-3-4-10-6-8(11(13)14)5-7(2)9(10)12/h5-6H,3-4H2,1-2H3. The number of rotatable bonds is 3. The summed E-state index contributed by atoms with van der Waals surface area (Å²) in [5, 5.41) is 10.5. The Bertz CT molecular complexity index is 409. The predicted octanol–water partition coefficient (Wildman–Crippen LogP) is 1.47. The molecule has 5 nitrogen and oxygen atoms in total. The molecule has 1 aromatic rings. The van der Waals surface area contributed by atoms with Crippen molar-refractivity contribution in [2.75, 3.05) is 0 Å². The van der Waals surface area contributed by atoms with E-state index in [1.54, 1.807) is 6.92 Å². The molecule has 0 bridgehead atoms. The molecule has 0 unspecified atom stereocenters. The molecule has 0 aliphatic rings. The van der Waals surface area contributed by atoms with Gasteiger partial charge in [0, 0.05) is 18.2 Å². The van der Waals surface area contributed by atoms with E-state index in [0.717, 1.165) is 6.42 Å². The van der Waals surface area contributed by atoms with Crippen LogP contribution in [-0.2, 0) is 6.54 Å². The molecule has 5 heteroatoms. The Morgan fingerprint density at radius 1 is 1.57 bits per heavy atom. The van der Waals surface area contributed by atoms with Gasteiger partial charge in [0.15, 0.2) is 0 Å². The van der Waals surface area contributed by atoms with Crippen LogP contribution in [0.1, 0.15) is 18.9 Å². The lowest BCUT2D eigenvalue weighted by molar-refractivity contribution is -0.385. The number of hydrogen-bond acceptors (Lipinski definition) is 3. The zero-order valence-electron chi connectivity index (χ0n) is 8.19. The highest BCUT2D eigenvalue weighted by molar-refractivity contribution is 5.30. The smallest absolute Gasteiger partial charge is 0.286 e. The number of hydrogen-bond donors (Lipinski definition) is 0. The lowest BCUT2D eigenvalue weighted by atomic mass is 10.3. The Labute approximate surface area is 81.1 Å². The van der Waals surface area contributed by atoms with E-state index in [0.29, 0.717) is 12.1 Å². The van der Waals surface area contributed by atoms with Crippen LogP contribution in [0.2, 0.25) is 0 Å². The maximum Gasteiger partial charge on any atom is 0.286 e. The molecule has 14 heavy (non-hydrogen) atoms. The molecule has 0 N–H and O–H groups in total. The summed E-state index contributed by atoms with van der Waals surface area (Å²) in [5.74, 6) is 0. The van der Waals surface area contributed by atoms with Crippen LogP contribution >= 0.6 is 0 Å². The molecule has 0 saturated carbocycles. The van der Waals surface area contributed by atoms with Crippen LogP contribution in [0.4, 0.5) is 5.69 Å². The first-order valence-corrected chi connectivity index (χ1v) is 4.41. The molecule has 1 heterocycles. The second-order valence-electron chi connectivity index (χ2n) is 3.14. The summed E-state index contributed by atoms with van der Waals surface area (Å²) < 4.78 is 1.38. The number of nitrogens with zero attached hydrogens (tertiary/aromatic N) is 2. The molecule has 0 aliphatic carbocycles. The maximum atomic E-state index is 11.5. The molecule has 1 aromatic heterocycles. The second kappa shape index (κ2) is 4.04. The molecule has 0 atom stereocenters. The summed E-state index contributed by atoms with van der Waals surface area (Å²) in [5.41, 5.74) is 0.223. The van der Waals surface area contributed by atoms with Crippen LogP contribution in [0, 0.1) is 17.0 Å². The predicted molar refractivity (Wildman–Crippen MR) is 52.4 cm³/mol. The summed E-state index contributed by atoms with van der Waals surface area (Å²) in [6, 6.07) is 1.30. The minimum Gasteiger partial charge on any atom is -0.309 e. The zero-order chi connectivity index (χ0) is 10.7. The van der Waals surface area contributed by atoms with Crippen molar-refractivity contribution in [3.05, 3.63) is 38.3 Å². The first kappa shape index (κ1) is 10.4.